The minimum absolute atomic E-state index is 0.709. The van der Waals surface area contributed by atoms with Crippen molar-refractivity contribution < 1.29 is 4.74 Å². The van der Waals surface area contributed by atoms with E-state index >= 15 is 0 Å². The van der Waals surface area contributed by atoms with Crippen LogP contribution in [0.25, 0.3) is 6.08 Å². The van der Waals surface area contributed by atoms with E-state index in [2.05, 4.69) is 74.2 Å². The molecule has 148 valence electrons. The van der Waals surface area contributed by atoms with Crippen LogP contribution in [0.5, 0.6) is 0 Å². The highest BCUT2D eigenvalue weighted by atomic mass is 16.5. The summed E-state index contributed by atoms with van der Waals surface area (Å²) in [6.07, 6.45) is 13.5. The SMILES string of the molecule is C=CCCCOCc1ccc([C@H]2CC[C@H](c3ccc(/C=C\C)cc3)CC2)cc1. The summed E-state index contributed by atoms with van der Waals surface area (Å²) in [4.78, 5) is 0. The lowest BCUT2D eigenvalue weighted by Gasteiger charge is -2.29. The van der Waals surface area contributed by atoms with Crippen LogP contribution in [0.4, 0.5) is 0 Å². The number of unbranched alkanes of at least 4 members (excludes halogenated alkanes) is 1. The van der Waals surface area contributed by atoms with Crippen LogP contribution in [0.15, 0.2) is 67.3 Å². The van der Waals surface area contributed by atoms with Gasteiger partial charge in [0, 0.05) is 6.61 Å². The van der Waals surface area contributed by atoms with Gasteiger partial charge in [-0.15, -0.1) is 6.58 Å². The molecule has 1 nitrogen and oxygen atoms in total. The fourth-order valence-electron chi connectivity index (χ4n) is 4.24. The Balaban J connectivity index is 1.47. The third-order valence-electron chi connectivity index (χ3n) is 5.91. The Kier molecular flexibility index (Phi) is 8.11. The van der Waals surface area contributed by atoms with Crippen molar-refractivity contribution >= 4 is 6.08 Å². The molecule has 1 aliphatic carbocycles. The summed E-state index contributed by atoms with van der Waals surface area (Å²) in [6, 6.07) is 18.3. The number of ether oxygens (including phenoxy) is 1. The highest BCUT2D eigenvalue weighted by molar-refractivity contribution is 5.49. The molecule has 0 spiro atoms. The summed E-state index contributed by atoms with van der Waals surface area (Å²) in [5.74, 6) is 1.43. The van der Waals surface area contributed by atoms with Gasteiger partial charge in [0.2, 0.25) is 0 Å². The summed E-state index contributed by atoms with van der Waals surface area (Å²) in [5, 5.41) is 0. The molecule has 0 saturated heterocycles. The first kappa shape index (κ1) is 20.6. The fraction of sp³-hybridized carbons (Fsp3) is 0.407. The Morgan fingerprint density at radius 2 is 1.46 bits per heavy atom. The molecule has 1 heteroatoms. The van der Waals surface area contributed by atoms with Gasteiger partial charge in [-0.1, -0.05) is 66.8 Å². The van der Waals surface area contributed by atoms with Crippen molar-refractivity contribution in [3.05, 3.63) is 89.5 Å². The van der Waals surface area contributed by atoms with Gasteiger partial charge in [-0.25, -0.2) is 0 Å². The zero-order valence-corrected chi connectivity index (χ0v) is 17.3. The van der Waals surface area contributed by atoms with Crippen molar-refractivity contribution in [3.63, 3.8) is 0 Å². The quantitative estimate of drug-likeness (QED) is 0.323. The lowest BCUT2D eigenvalue weighted by Crippen LogP contribution is -2.12. The molecule has 28 heavy (non-hydrogen) atoms. The predicted octanol–water partition coefficient (Wildman–Crippen LogP) is 7.64. The maximum absolute atomic E-state index is 5.74. The van der Waals surface area contributed by atoms with Crippen LogP contribution in [-0.4, -0.2) is 6.61 Å². The highest BCUT2D eigenvalue weighted by Gasteiger charge is 2.23. The molecule has 1 aliphatic rings. The average molecular weight is 375 g/mol. The molecule has 0 atom stereocenters. The van der Waals surface area contributed by atoms with Crippen molar-refractivity contribution in [1.82, 2.24) is 0 Å². The van der Waals surface area contributed by atoms with E-state index in [4.69, 9.17) is 4.74 Å². The second kappa shape index (κ2) is 11.0. The molecular formula is C27H34O. The standard InChI is InChI=1S/C27H34O/c1-3-5-6-20-28-21-23-10-14-25(15-11-23)27-18-16-26(17-19-27)24-12-8-22(7-4-2)9-13-24/h3-4,7-15,26-27H,1,5-6,16-21H2,2H3/b7-4-/t26-,27-. The Labute approximate surface area is 171 Å². The summed E-state index contributed by atoms with van der Waals surface area (Å²) in [6.45, 7) is 7.34. The molecule has 0 bridgehead atoms. The first-order valence-electron chi connectivity index (χ1n) is 10.8. The molecule has 0 amide bonds. The molecule has 3 rings (SSSR count). The lowest BCUT2D eigenvalue weighted by atomic mass is 9.76. The minimum Gasteiger partial charge on any atom is -0.377 e. The maximum Gasteiger partial charge on any atom is 0.0716 e. The largest absolute Gasteiger partial charge is 0.377 e. The van der Waals surface area contributed by atoms with Crippen LogP contribution >= 0.6 is 0 Å². The van der Waals surface area contributed by atoms with Crippen LogP contribution in [-0.2, 0) is 11.3 Å². The molecule has 1 saturated carbocycles. The van der Waals surface area contributed by atoms with E-state index < -0.39 is 0 Å². The fourth-order valence-corrected chi connectivity index (χ4v) is 4.24. The third kappa shape index (κ3) is 5.94. The first-order chi connectivity index (χ1) is 13.8. The van der Waals surface area contributed by atoms with Crippen molar-refractivity contribution in [2.24, 2.45) is 0 Å². The van der Waals surface area contributed by atoms with E-state index in [-0.39, 0.29) is 0 Å². The lowest BCUT2D eigenvalue weighted by molar-refractivity contribution is 0.119. The van der Waals surface area contributed by atoms with E-state index in [1.807, 2.05) is 6.08 Å². The minimum atomic E-state index is 0.709. The zero-order valence-electron chi connectivity index (χ0n) is 17.3. The van der Waals surface area contributed by atoms with Crippen LogP contribution < -0.4 is 0 Å². The van der Waals surface area contributed by atoms with Gasteiger partial charge in [-0.3, -0.25) is 0 Å². The Hall–Kier alpha value is -2.12. The molecule has 0 heterocycles. The van der Waals surface area contributed by atoms with Crippen molar-refractivity contribution in [2.75, 3.05) is 6.61 Å². The molecule has 0 N–H and O–H groups in total. The molecule has 0 aromatic heterocycles. The monoisotopic (exact) mass is 374 g/mol. The van der Waals surface area contributed by atoms with Gasteiger partial charge in [0.15, 0.2) is 0 Å². The van der Waals surface area contributed by atoms with E-state index in [0.29, 0.717) is 12.5 Å². The van der Waals surface area contributed by atoms with Crippen LogP contribution in [0.3, 0.4) is 0 Å². The van der Waals surface area contributed by atoms with Crippen LogP contribution in [0, 0.1) is 0 Å². The normalized spacial score (nSPS) is 19.8. The van der Waals surface area contributed by atoms with Crippen molar-refractivity contribution in [2.45, 2.75) is 63.9 Å². The van der Waals surface area contributed by atoms with Gasteiger partial charge in [0.1, 0.15) is 0 Å². The summed E-state index contributed by atoms with van der Waals surface area (Å²) in [5.41, 5.74) is 5.58. The molecule has 2 aromatic carbocycles. The van der Waals surface area contributed by atoms with Crippen molar-refractivity contribution in [1.29, 1.82) is 0 Å². The predicted molar refractivity (Wildman–Crippen MR) is 121 cm³/mol. The number of allylic oxidation sites excluding steroid dienone is 2. The summed E-state index contributed by atoms with van der Waals surface area (Å²) >= 11 is 0. The number of benzene rings is 2. The first-order valence-corrected chi connectivity index (χ1v) is 10.8. The second-order valence-electron chi connectivity index (χ2n) is 7.94. The second-order valence-corrected chi connectivity index (χ2v) is 7.94. The average Bonchev–Trinajstić information content (AvgIpc) is 2.75. The van der Waals surface area contributed by atoms with E-state index in [9.17, 15) is 0 Å². The molecule has 2 aromatic rings. The Morgan fingerprint density at radius 3 is 2.00 bits per heavy atom. The molecule has 0 aliphatic heterocycles. The van der Waals surface area contributed by atoms with Crippen LogP contribution in [0.1, 0.15) is 79.5 Å². The number of hydrogen-bond donors (Lipinski definition) is 0. The Bertz CT molecular complexity index is 731. The zero-order chi connectivity index (χ0) is 19.6. The van der Waals surface area contributed by atoms with E-state index in [0.717, 1.165) is 25.4 Å². The smallest absolute Gasteiger partial charge is 0.0716 e. The van der Waals surface area contributed by atoms with Gasteiger partial charge in [-0.2, -0.15) is 0 Å². The molecule has 1 fully saturated rings. The van der Waals surface area contributed by atoms with Crippen molar-refractivity contribution in [3.8, 4) is 0 Å². The maximum atomic E-state index is 5.74. The summed E-state index contributed by atoms with van der Waals surface area (Å²) in [7, 11) is 0. The molecular weight excluding hydrogens is 340 g/mol. The third-order valence-corrected chi connectivity index (χ3v) is 5.91. The topological polar surface area (TPSA) is 9.23 Å². The number of hydrogen-bond acceptors (Lipinski definition) is 1. The molecule has 0 radical (unpaired) electrons. The molecule has 0 unspecified atom stereocenters. The van der Waals surface area contributed by atoms with E-state index in [1.54, 1.807) is 0 Å². The highest BCUT2D eigenvalue weighted by Crippen LogP contribution is 2.40. The number of rotatable bonds is 9. The summed E-state index contributed by atoms with van der Waals surface area (Å²) < 4.78 is 5.74. The van der Waals surface area contributed by atoms with Gasteiger partial charge in [0.25, 0.3) is 0 Å². The van der Waals surface area contributed by atoms with Gasteiger partial charge >= 0.3 is 0 Å². The Morgan fingerprint density at radius 1 is 0.893 bits per heavy atom. The van der Waals surface area contributed by atoms with Gasteiger partial charge < -0.3 is 4.74 Å². The van der Waals surface area contributed by atoms with Crippen LogP contribution in [0.2, 0.25) is 0 Å². The van der Waals surface area contributed by atoms with Gasteiger partial charge in [0.05, 0.1) is 6.61 Å². The van der Waals surface area contributed by atoms with Gasteiger partial charge in [-0.05, 0) is 79.5 Å². The van der Waals surface area contributed by atoms with E-state index in [1.165, 1.54) is 47.9 Å².